The molecule has 0 aliphatic heterocycles. The molecular weight excluding hydrogens is 170 g/mol. The molecule has 0 fully saturated rings. The first kappa shape index (κ1) is 15.6. The van der Waals surface area contributed by atoms with Crippen LogP contribution in [-0.2, 0) is 0 Å². The molecule has 0 heterocycles. The van der Waals surface area contributed by atoms with Gasteiger partial charge in [-0.3, -0.25) is 0 Å². The van der Waals surface area contributed by atoms with Crippen molar-refractivity contribution in [3.63, 3.8) is 0 Å². The first-order valence-corrected chi connectivity index (χ1v) is 1.85. The molecule has 0 spiro atoms. The molecule has 0 atom stereocenters. The SMILES string of the molecule is [Cl+2].[Cl-].[O-][Cl+3]([O-])([O-])[O-]. The molecule has 7 heteroatoms. The lowest BCUT2D eigenvalue weighted by molar-refractivity contribution is -2.00. The molecule has 0 aromatic heterocycles. The van der Waals surface area contributed by atoms with Crippen molar-refractivity contribution in [2.45, 2.75) is 0 Å². The third-order valence-electron chi connectivity index (χ3n) is 0. The quantitative estimate of drug-likeness (QED) is 0.361. The normalized spacial score (nSPS) is 8.57. The summed E-state index contributed by atoms with van der Waals surface area (Å²) in [6.07, 6.45) is 0. The Labute approximate surface area is 54.3 Å². The fourth-order valence-electron chi connectivity index (χ4n) is 0. The van der Waals surface area contributed by atoms with Crippen molar-refractivity contribution in [1.29, 1.82) is 0 Å². The van der Waals surface area contributed by atoms with E-state index < -0.39 is 10.2 Å². The van der Waals surface area contributed by atoms with Crippen molar-refractivity contribution in [2.24, 2.45) is 0 Å². The molecule has 0 N–H and O–H groups in total. The van der Waals surface area contributed by atoms with E-state index in [-0.39, 0.29) is 24.8 Å². The smallest absolute Gasteiger partial charge is 1.00 e. The van der Waals surface area contributed by atoms with Gasteiger partial charge in [-0.05, 0) is 0 Å². The van der Waals surface area contributed by atoms with Gasteiger partial charge >= 0.3 is 12.4 Å². The van der Waals surface area contributed by atoms with Crippen molar-refractivity contribution in [1.82, 2.24) is 0 Å². The number of hydrogen-bond donors (Lipinski definition) is 0. The van der Waals surface area contributed by atoms with E-state index in [0.29, 0.717) is 0 Å². The Bertz CT molecular complexity index is 22.4. The molecule has 0 bridgehead atoms. The van der Waals surface area contributed by atoms with Gasteiger partial charge in [-0.15, -0.1) is 10.2 Å². The molecule has 0 aliphatic carbocycles. The molecule has 7 heavy (non-hydrogen) atoms. The molecule has 0 aliphatic rings. The Morgan fingerprint density at radius 2 is 0.857 bits per heavy atom. The lowest BCUT2D eigenvalue weighted by Gasteiger charge is -2.17. The van der Waals surface area contributed by atoms with E-state index in [0.717, 1.165) is 0 Å². The third-order valence-corrected chi connectivity index (χ3v) is 0. The standard InChI is InChI=1S/ClHO4.ClH.Cl/c2-1(3,4)5;;/h(H,2,3,4,5);1H;/q;;+2/p-2. The van der Waals surface area contributed by atoms with Crippen LogP contribution in [0.3, 0.4) is 0 Å². The predicted molar refractivity (Wildman–Crippen MR) is 0 cm³/mol. The van der Waals surface area contributed by atoms with Gasteiger partial charge in [-0.25, -0.2) is 18.6 Å². The zero-order valence-corrected chi connectivity index (χ0v) is 5.03. The lowest BCUT2D eigenvalue weighted by Crippen LogP contribution is -3.00. The summed E-state index contributed by atoms with van der Waals surface area (Å²) in [7, 11) is -4.94. The number of rotatable bonds is 0. The Morgan fingerprint density at radius 1 is 0.857 bits per heavy atom. The van der Waals surface area contributed by atoms with E-state index in [1.807, 2.05) is 0 Å². The Hall–Kier alpha value is 0.710. The molecule has 0 rings (SSSR count). The highest BCUT2D eigenvalue weighted by Crippen LogP contribution is 1.49. The van der Waals surface area contributed by atoms with Crippen LogP contribution in [0.4, 0.5) is 0 Å². The highest BCUT2D eigenvalue weighted by Gasteiger charge is 2.00. The average Bonchev–Trinajstić information content (AvgIpc) is 0.722. The zero-order chi connectivity index (χ0) is 4.50. The van der Waals surface area contributed by atoms with Crippen LogP contribution >= 0.6 is 0 Å². The largest absolute Gasteiger partial charge is 2.00 e. The van der Waals surface area contributed by atoms with E-state index in [1.54, 1.807) is 0 Å². The Morgan fingerprint density at radius 3 is 0.857 bits per heavy atom. The van der Waals surface area contributed by atoms with Gasteiger partial charge in [-0.1, -0.05) is 0 Å². The second-order valence-electron chi connectivity index (χ2n) is 0.378. The fourth-order valence-corrected chi connectivity index (χ4v) is 0. The Balaban J connectivity index is -0.0000000800. The summed E-state index contributed by atoms with van der Waals surface area (Å²) in [6, 6.07) is 0. The third kappa shape index (κ3) is 295. The summed E-state index contributed by atoms with van der Waals surface area (Å²) in [5.41, 5.74) is 0. The van der Waals surface area contributed by atoms with E-state index in [4.69, 9.17) is 18.6 Å². The average molecular weight is 170 g/mol. The van der Waals surface area contributed by atoms with Crippen LogP contribution in [0.5, 0.6) is 0 Å². The fraction of sp³-hybridized carbons (Fsp3) is 0. The topological polar surface area (TPSA) is 92.2 Å². The highest BCUT2D eigenvalue weighted by atomic mass is 35.7. The Kier molecular flexibility index (Phi) is 10.9. The minimum atomic E-state index is -4.94. The van der Waals surface area contributed by atoms with E-state index in [9.17, 15) is 0 Å². The molecule has 0 aromatic rings. The predicted octanol–water partition coefficient (Wildman–Crippen LogP) is -7.75. The maximum Gasteiger partial charge on any atom is 2.00 e. The van der Waals surface area contributed by atoms with Crippen LogP contribution in [0.1, 0.15) is 0 Å². The molecule has 0 saturated carbocycles. The molecule has 4 nitrogen and oxygen atoms in total. The van der Waals surface area contributed by atoms with Gasteiger partial charge in [0.2, 0.25) is 0 Å². The van der Waals surface area contributed by atoms with Crippen molar-refractivity contribution in [3.8, 4) is 0 Å². The monoisotopic (exact) mass is 169 g/mol. The van der Waals surface area contributed by atoms with Crippen LogP contribution in [0.2, 0.25) is 0 Å². The summed E-state index contributed by atoms with van der Waals surface area (Å²) in [5.74, 6) is 0. The van der Waals surface area contributed by atoms with Gasteiger partial charge in [0.25, 0.3) is 0 Å². The first-order chi connectivity index (χ1) is 2.00. The summed E-state index contributed by atoms with van der Waals surface area (Å²) < 4.78 is 34.0. The van der Waals surface area contributed by atoms with E-state index in [2.05, 4.69) is 0 Å². The maximum absolute atomic E-state index is 8.49. The molecule has 0 aromatic carbocycles. The van der Waals surface area contributed by atoms with Gasteiger partial charge in [0.15, 0.2) is 0 Å². The van der Waals surface area contributed by atoms with E-state index in [1.165, 1.54) is 0 Å². The maximum atomic E-state index is 8.49. The van der Waals surface area contributed by atoms with Gasteiger partial charge in [0.05, 0.1) is 0 Å². The zero-order valence-electron chi connectivity index (χ0n) is 2.77. The van der Waals surface area contributed by atoms with Crippen molar-refractivity contribution >= 4 is 0 Å². The molecule has 45 valence electrons. The second kappa shape index (κ2) is 4.86. The van der Waals surface area contributed by atoms with Crippen LogP contribution in [0.25, 0.3) is 0 Å². The molecule has 0 unspecified atom stereocenters. The second-order valence-corrected chi connectivity index (χ2v) is 1.13. The van der Waals surface area contributed by atoms with Crippen molar-refractivity contribution in [2.75, 3.05) is 0 Å². The first-order valence-electron chi connectivity index (χ1n) is 0.617. The van der Waals surface area contributed by atoms with Gasteiger partial charge in [0.1, 0.15) is 0 Å². The molecule has 0 amide bonds. The summed E-state index contributed by atoms with van der Waals surface area (Å²) >= 11 is 0. The van der Waals surface area contributed by atoms with Crippen LogP contribution < -0.4 is 31.0 Å². The highest BCUT2D eigenvalue weighted by molar-refractivity contribution is 2.00. The van der Waals surface area contributed by atoms with Gasteiger partial charge in [0, 0.05) is 0 Å². The summed E-state index contributed by atoms with van der Waals surface area (Å²) in [5, 5.41) is 0. The van der Waals surface area contributed by atoms with Crippen LogP contribution in [0, 0.1) is 22.7 Å². The van der Waals surface area contributed by atoms with Crippen LogP contribution in [0.15, 0.2) is 0 Å². The summed E-state index contributed by atoms with van der Waals surface area (Å²) in [4.78, 5) is 0. The van der Waals surface area contributed by atoms with E-state index >= 15 is 0 Å². The molecule has 0 saturated heterocycles. The summed E-state index contributed by atoms with van der Waals surface area (Å²) in [6.45, 7) is 0. The van der Waals surface area contributed by atoms with Crippen molar-refractivity contribution in [3.05, 3.63) is 0 Å². The number of halogens is 3. The van der Waals surface area contributed by atoms with Gasteiger partial charge < -0.3 is 12.4 Å². The minimum absolute atomic E-state index is 0. The molecule has 3 radical (unpaired) electrons. The van der Waals surface area contributed by atoms with Gasteiger partial charge in [-0.2, -0.15) is 0 Å². The van der Waals surface area contributed by atoms with Crippen molar-refractivity contribution < 1.29 is 53.7 Å². The molecular formula is Cl3O4. The number of hydrogen-bond acceptors (Lipinski definition) is 4. The minimum Gasteiger partial charge on any atom is -1.00 e. The lowest BCUT2D eigenvalue weighted by atomic mass is 15.8. The van der Waals surface area contributed by atoms with Crippen LogP contribution in [-0.4, -0.2) is 0 Å².